The summed E-state index contributed by atoms with van der Waals surface area (Å²) < 4.78 is 7.84. The number of H-pyrrole nitrogens is 1. The van der Waals surface area contributed by atoms with E-state index in [1.807, 2.05) is 55.5 Å². The number of ether oxygens (including phenoxy) is 1. The number of benzene rings is 4. The number of rotatable bonds is 6. The molecule has 4 aromatic carbocycles. The molecular weight excluding hydrogens is 690 g/mol. The van der Waals surface area contributed by atoms with Gasteiger partial charge in [-0.25, -0.2) is 10.2 Å². The number of para-hydroxylation sites is 1. The lowest BCUT2D eigenvalue weighted by molar-refractivity contribution is 0.0733. The Bertz CT molecular complexity index is 1730. The van der Waals surface area contributed by atoms with Gasteiger partial charge in [-0.15, -0.1) is 0 Å². The zero-order chi connectivity index (χ0) is 27.5. The van der Waals surface area contributed by atoms with E-state index < -0.39 is 11.9 Å². The van der Waals surface area contributed by atoms with Gasteiger partial charge in [0.15, 0.2) is 5.75 Å². The van der Waals surface area contributed by atoms with Crippen molar-refractivity contribution in [2.75, 3.05) is 0 Å². The highest BCUT2D eigenvalue weighted by Gasteiger charge is 2.20. The number of carbonyl (C=O) groups excluding carboxylic acids is 2. The Morgan fingerprint density at radius 2 is 1.64 bits per heavy atom. The lowest BCUT2D eigenvalue weighted by atomic mass is 10.0. The molecule has 0 aliphatic carbocycles. The third-order valence-corrected chi connectivity index (χ3v) is 7.59. The summed E-state index contributed by atoms with van der Waals surface area (Å²) in [4.78, 5) is 29.4. The summed E-state index contributed by atoms with van der Waals surface area (Å²) in [5.41, 5.74) is 7.54. The Labute approximate surface area is 249 Å². The highest BCUT2D eigenvalue weighted by molar-refractivity contribution is 9.11. The zero-order valence-electron chi connectivity index (χ0n) is 20.5. The van der Waals surface area contributed by atoms with Crippen molar-refractivity contribution in [3.8, 4) is 16.9 Å². The van der Waals surface area contributed by atoms with Crippen LogP contribution in [0.4, 0.5) is 0 Å². The largest absolute Gasteiger partial charge is 0.421 e. The second-order valence-electron chi connectivity index (χ2n) is 8.64. The van der Waals surface area contributed by atoms with Gasteiger partial charge in [0.1, 0.15) is 5.69 Å². The maximum Gasteiger partial charge on any atom is 0.343 e. The fraction of sp³-hybridized carbons (Fsp3) is 0.0333. The fourth-order valence-electron chi connectivity index (χ4n) is 4.18. The smallest absolute Gasteiger partial charge is 0.343 e. The van der Waals surface area contributed by atoms with Gasteiger partial charge in [-0.3, -0.25) is 4.79 Å². The lowest BCUT2D eigenvalue weighted by Gasteiger charge is -2.11. The first kappa shape index (κ1) is 27.1. The predicted molar refractivity (Wildman–Crippen MR) is 164 cm³/mol. The third kappa shape index (κ3) is 5.90. The first-order chi connectivity index (χ1) is 18.8. The molecule has 0 saturated carbocycles. The molecule has 0 saturated heterocycles. The van der Waals surface area contributed by atoms with Gasteiger partial charge in [0.25, 0.3) is 5.91 Å². The minimum Gasteiger partial charge on any atom is -0.421 e. The molecule has 1 heterocycles. The number of halogens is 3. The Balaban J connectivity index is 1.44. The monoisotopic (exact) mass is 707 g/mol. The second kappa shape index (κ2) is 11.7. The molecule has 0 bridgehead atoms. The molecule has 0 radical (unpaired) electrons. The van der Waals surface area contributed by atoms with Gasteiger partial charge in [-0.2, -0.15) is 5.10 Å². The number of fused-ring (bicyclic) bond motifs is 1. The molecule has 2 N–H and O–H groups in total. The highest BCUT2D eigenvalue weighted by atomic mass is 79.9. The van der Waals surface area contributed by atoms with Gasteiger partial charge >= 0.3 is 5.97 Å². The van der Waals surface area contributed by atoms with Gasteiger partial charge in [0.05, 0.1) is 16.3 Å². The van der Waals surface area contributed by atoms with Gasteiger partial charge in [-0.1, -0.05) is 80.4 Å². The van der Waals surface area contributed by atoms with Gasteiger partial charge in [0.2, 0.25) is 0 Å². The Morgan fingerprint density at radius 1 is 0.897 bits per heavy atom. The van der Waals surface area contributed by atoms with Crippen LogP contribution >= 0.6 is 47.8 Å². The number of carbonyl (C=O) groups is 2. The standard InChI is InChI=1S/C30H20Br3N3O3/c1-17-6-5-9-23-25(18-7-3-2-4-8-18)27(35-26(17)23)29(37)36-34-16-20-14-22(32)15-24(33)28(20)39-30(38)19-10-12-21(31)13-11-19/h2-16,35H,1H3,(H,36,37). The Hall–Kier alpha value is -3.53. The van der Waals surface area contributed by atoms with Gasteiger partial charge in [0, 0.05) is 31.0 Å². The molecule has 1 amide bonds. The molecule has 39 heavy (non-hydrogen) atoms. The number of hydrogen-bond donors (Lipinski definition) is 2. The van der Waals surface area contributed by atoms with E-state index in [0.717, 1.165) is 36.5 Å². The fourth-order valence-corrected chi connectivity index (χ4v) is 5.78. The number of hydrazone groups is 1. The molecule has 5 rings (SSSR count). The van der Waals surface area contributed by atoms with E-state index in [-0.39, 0.29) is 5.75 Å². The minimum atomic E-state index is -0.523. The number of aromatic amines is 1. The van der Waals surface area contributed by atoms with E-state index in [1.165, 1.54) is 6.21 Å². The molecule has 0 aliphatic heterocycles. The summed E-state index contributed by atoms with van der Waals surface area (Å²) >= 11 is 10.3. The molecule has 0 atom stereocenters. The summed E-state index contributed by atoms with van der Waals surface area (Å²) in [6.45, 7) is 2.00. The SMILES string of the molecule is Cc1cccc2c(-c3ccccc3)c(C(=O)NN=Cc3cc(Br)cc(Br)c3OC(=O)c3ccc(Br)cc3)[nH]c12. The van der Waals surface area contributed by atoms with E-state index in [1.54, 1.807) is 36.4 Å². The van der Waals surface area contributed by atoms with Gasteiger partial charge in [-0.05, 0) is 70.4 Å². The number of nitrogens with one attached hydrogen (secondary N) is 2. The molecule has 6 nitrogen and oxygen atoms in total. The minimum absolute atomic E-state index is 0.273. The molecule has 0 fully saturated rings. The normalized spacial score (nSPS) is 11.2. The van der Waals surface area contributed by atoms with Crippen molar-refractivity contribution in [1.82, 2.24) is 10.4 Å². The average Bonchev–Trinajstić information content (AvgIpc) is 3.32. The number of aromatic nitrogens is 1. The van der Waals surface area contributed by atoms with E-state index in [4.69, 9.17) is 4.74 Å². The molecule has 194 valence electrons. The maximum absolute atomic E-state index is 13.4. The zero-order valence-corrected chi connectivity index (χ0v) is 25.2. The first-order valence-corrected chi connectivity index (χ1v) is 14.2. The van der Waals surface area contributed by atoms with Crippen molar-refractivity contribution < 1.29 is 14.3 Å². The third-order valence-electron chi connectivity index (χ3n) is 6.01. The van der Waals surface area contributed by atoms with Crippen LogP contribution in [0, 0.1) is 6.92 Å². The van der Waals surface area contributed by atoms with Crippen molar-refractivity contribution in [2.24, 2.45) is 5.10 Å². The van der Waals surface area contributed by atoms with Gasteiger partial charge < -0.3 is 9.72 Å². The molecule has 1 aromatic heterocycles. The van der Waals surface area contributed by atoms with Crippen LogP contribution in [0.3, 0.4) is 0 Å². The summed E-state index contributed by atoms with van der Waals surface area (Å²) in [5, 5.41) is 5.15. The Morgan fingerprint density at radius 3 is 2.38 bits per heavy atom. The van der Waals surface area contributed by atoms with Crippen LogP contribution in [0.15, 0.2) is 103 Å². The summed E-state index contributed by atoms with van der Waals surface area (Å²) in [6, 6.07) is 26.1. The number of esters is 1. The van der Waals surface area contributed by atoms with Crippen LogP contribution in [0.2, 0.25) is 0 Å². The van der Waals surface area contributed by atoms with Crippen LogP contribution in [-0.4, -0.2) is 23.1 Å². The lowest BCUT2D eigenvalue weighted by Crippen LogP contribution is -2.19. The van der Waals surface area contributed by atoms with Crippen LogP contribution < -0.4 is 10.2 Å². The van der Waals surface area contributed by atoms with Crippen LogP contribution in [0.25, 0.3) is 22.0 Å². The number of aryl methyl sites for hydroxylation is 1. The number of nitrogens with zero attached hydrogens (tertiary/aromatic N) is 1. The van der Waals surface area contributed by atoms with E-state index in [0.29, 0.717) is 21.3 Å². The van der Waals surface area contributed by atoms with Crippen molar-refractivity contribution in [1.29, 1.82) is 0 Å². The van der Waals surface area contributed by atoms with Crippen LogP contribution in [-0.2, 0) is 0 Å². The van der Waals surface area contributed by atoms with Crippen molar-refractivity contribution in [3.63, 3.8) is 0 Å². The van der Waals surface area contributed by atoms with Crippen LogP contribution in [0.5, 0.6) is 5.75 Å². The van der Waals surface area contributed by atoms with Crippen LogP contribution in [0.1, 0.15) is 32.0 Å². The molecule has 0 unspecified atom stereocenters. The molecule has 0 spiro atoms. The van der Waals surface area contributed by atoms with Crippen molar-refractivity contribution >= 4 is 76.8 Å². The van der Waals surface area contributed by atoms with E-state index in [9.17, 15) is 9.59 Å². The number of hydrogen-bond acceptors (Lipinski definition) is 4. The molecule has 0 aliphatic rings. The first-order valence-electron chi connectivity index (χ1n) is 11.8. The molecule has 5 aromatic rings. The van der Waals surface area contributed by atoms with E-state index in [2.05, 4.69) is 63.3 Å². The highest BCUT2D eigenvalue weighted by Crippen LogP contribution is 2.35. The molecular formula is C30H20Br3N3O3. The second-order valence-corrected chi connectivity index (χ2v) is 11.3. The van der Waals surface area contributed by atoms with Crippen molar-refractivity contribution in [3.05, 3.63) is 121 Å². The quantitative estimate of drug-likeness (QED) is 0.0804. The molecule has 9 heteroatoms. The van der Waals surface area contributed by atoms with E-state index >= 15 is 0 Å². The average molecular weight is 710 g/mol. The van der Waals surface area contributed by atoms with Crippen molar-refractivity contribution in [2.45, 2.75) is 6.92 Å². The number of amides is 1. The summed E-state index contributed by atoms with van der Waals surface area (Å²) in [7, 11) is 0. The Kier molecular flexibility index (Phi) is 8.11. The maximum atomic E-state index is 13.4. The summed E-state index contributed by atoms with van der Waals surface area (Å²) in [6.07, 6.45) is 1.44. The topological polar surface area (TPSA) is 83.5 Å². The summed E-state index contributed by atoms with van der Waals surface area (Å²) in [5.74, 6) is -0.649. The predicted octanol–water partition coefficient (Wildman–Crippen LogP) is 8.41.